The Hall–Kier alpha value is -2.22. The molecule has 1 N–H and O–H groups in total. The van der Waals surface area contributed by atoms with Crippen LogP contribution in [0.5, 0.6) is 0 Å². The van der Waals surface area contributed by atoms with Crippen molar-refractivity contribution in [2.45, 2.75) is 27.3 Å². The Kier molecular flexibility index (Phi) is 4.60. The lowest BCUT2D eigenvalue weighted by Crippen LogP contribution is -2.20. The van der Waals surface area contributed by atoms with Crippen molar-refractivity contribution in [2.24, 2.45) is 0 Å². The maximum absolute atomic E-state index is 12.1. The van der Waals surface area contributed by atoms with Crippen molar-refractivity contribution in [1.29, 1.82) is 0 Å². The third-order valence-corrected chi connectivity index (χ3v) is 3.79. The first-order valence-electron chi connectivity index (χ1n) is 6.54. The highest BCUT2D eigenvalue weighted by Gasteiger charge is 2.22. The van der Waals surface area contributed by atoms with Crippen LogP contribution in [-0.2, 0) is 11.3 Å². The fraction of sp³-hybridized carbons (Fsp3) is 0.286. The van der Waals surface area contributed by atoms with E-state index in [-0.39, 0.29) is 18.1 Å². The molecule has 116 valence electrons. The van der Waals surface area contributed by atoms with Gasteiger partial charge in [-0.25, -0.2) is 0 Å². The topological polar surface area (TPSA) is 90.1 Å². The third-order valence-electron chi connectivity index (χ3n) is 3.29. The number of amides is 1. The highest BCUT2D eigenvalue weighted by Crippen LogP contribution is 2.23. The summed E-state index contributed by atoms with van der Waals surface area (Å²) < 4.78 is 2.20. The molecule has 0 fully saturated rings. The average Bonchev–Trinajstić information content (AvgIpc) is 2.68. The van der Waals surface area contributed by atoms with E-state index in [2.05, 4.69) is 26.3 Å². The Balaban J connectivity index is 2.18. The number of nitrogens with one attached hydrogen (secondary N) is 1. The number of hydrogen-bond acceptors (Lipinski definition) is 4. The zero-order chi connectivity index (χ0) is 16.4. The fourth-order valence-electron chi connectivity index (χ4n) is 2.16. The molecule has 0 bridgehead atoms. The second-order valence-electron chi connectivity index (χ2n) is 4.94. The minimum atomic E-state index is -0.482. The molecule has 8 heteroatoms. The fourth-order valence-corrected chi connectivity index (χ4v) is 2.52. The first kappa shape index (κ1) is 16.2. The second kappa shape index (κ2) is 6.27. The van der Waals surface area contributed by atoms with Crippen LogP contribution in [0.25, 0.3) is 0 Å². The number of nitro groups is 1. The zero-order valence-corrected chi connectivity index (χ0v) is 14.0. The Bertz CT molecular complexity index is 755. The summed E-state index contributed by atoms with van der Waals surface area (Å²) in [6.07, 6.45) is 0. The van der Waals surface area contributed by atoms with Gasteiger partial charge >= 0.3 is 5.69 Å². The van der Waals surface area contributed by atoms with E-state index in [1.54, 1.807) is 19.9 Å². The third kappa shape index (κ3) is 3.33. The van der Waals surface area contributed by atoms with Gasteiger partial charge in [-0.15, -0.1) is 0 Å². The molecule has 7 nitrogen and oxygen atoms in total. The van der Waals surface area contributed by atoms with Crippen molar-refractivity contribution >= 4 is 33.2 Å². The Morgan fingerprint density at radius 3 is 2.68 bits per heavy atom. The minimum absolute atomic E-state index is 0.0496. The van der Waals surface area contributed by atoms with Crippen LogP contribution in [0.4, 0.5) is 11.4 Å². The van der Waals surface area contributed by atoms with Crippen molar-refractivity contribution in [1.82, 2.24) is 9.78 Å². The van der Waals surface area contributed by atoms with Gasteiger partial charge in [0.2, 0.25) is 5.91 Å². The maximum Gasteiger partial charge on any atom is 0.312 e. The molecule has 1 amide bonds. The summed E-state index contributed by atoms with van der Waals surface area (Å²) >= 11 is 3.35. The monoisotopic (exact) mass is 366 g/mol. The number of halogens is 1. The molecule has 0 atom stereocenters. The molecule has 0 saturated heterocycles. The molecule has 0 radical (unpaired) electrons. The van der Waals surface area contributed by atoms with E-state index < -0.39 is 4.92 Å². The standard InChI is InChI=1S/C14H15BrN4O3/c1-8-4-5-11(15)6-12(8)16-13(20)7-18-10(3)14(19(21)22)9(2)17-18/h4-6H,7H2,1-3H3,(H,16,20). The number of rotatable bonds is 4. The van der Waals surface area contributed by atoms with Gasteiger partial charge < -0.3 is 5.32 Å². The highest BCUT2D eigenvalue weighted by molar-refractivity contribution is 9.10. The number of anilines is 1. The molecule has 1 aromatic carbocycles. The molecule has 2 aromatic rings. The number of benzene rings is 1. The number of carbonyl (C=O) groups is 1. The van der Waals surface area contributed by atoms with Crippen molar-refractivity contribution < 1.29 is 9.72 Å². The molecule has 1 heterocycles. The van der Waals surface area contributed by atoms with Crippen molar-refractivity contribution in [2.75, 3.05) is 5.32 Å². The number of carbonyl (C=O) groups excluding carboxylic acids is 1. The largest absolute Gasteiger partial charge is 0.324 e. The smallest absolute Gasteiger partial charge is 0.312 e. The normalized spacial score (nSPS) is 10.5. The van der Waals surface area contributed by atoms with E-state index in [0.717, 1.165) is 10.0 Å². The van der Waals surface area contributed by atoms with E-state index in [0.29, 0.717) is 17.1 Å². The van der Waals surface area contributed by atoms with Crippen molar-refractivity contribution in [3.63, 3.8) is 0 Å². The Labute approximate surface area is 135 Å². The molecule has 0 aliphatic rings. The first-order chi connectivity index (χ1) is 10.3. The molecular formula is C14H15BrN4O3. The van der Waals surface area contributed by atoms with Crippen LogP contribution in [0.3, 0.4) is 0 Å². The summed E-state index contributed by atoms with van der Waals surface area (Å²) in [5.41, 5.74) is 2.23. The van der Waals surface area contributed by atoms with Gasteiger partial charge in [0.15, 0.2) is 0 Å². The first-order valence-corrected chi connectivity index (χ1v) is 7.33. The predicted octanol–water partition coefficient (Wildman–Crippen LogP) is 3.12. The summed E-state index contributed by atoms with van der Waals surface area (Å²) in [6.45, 7) is 4.94. The van der Waals surface area contributed by atoms with Gasteiger partial charge in [0.25, 0.3) is 0 Å². The summed E-state index contributed by atoms with van der Waals surface area (Å²) in [5.74, 6) is -0.290. The quantitative estimate of drug-likeness (QED) is 0.664. The van der Waals surface area contributed by atoms with E-state index in [1.165, 1.54) is 4.68 Å². The van der Waals surface area contributed by atoms with Crippen LogP contribution in [0.1, 0.15) is 17.0 Å². The van der Waals surface area contributed by atoms with E-state index in [9.17, 15) is 14.9 Å². The van der Waals surface area contributed by atoms with Gasteiger partial charge in [-0.3, -0.25) is 19.6 Å². The lowest BCUT2D eigenvalue weighted by Gasteiger charge is -2.09. The average molecular weight is 367 g/mol. The van der Waals surface area contributed by atoms with Crippen molar-refractivity contribution in [3.8, 4) is 0 Å². The van der Waals surface area contributed by atoms with Crippen LogP contribution in [-0.4, -0.2) is 20.6 Å². The highest BCUT2D eigenvalue weighted by atomic mass is 79.9. The van der Waals surface area contributed by atoms with Crippen LogP contribution < -0.4 is 5.32 Å². The molecule has 0 unspecified atom stereocenters. The lowest BCUT2D eigenvalue weighted by atomic mass is 10.2. The number of aryl methyl sites for hydroxylation is 2. The summed E-state index contributed by atoms with van der Waals surface area (Å²) in [7, 11) is 0. The van der Waals surface area contributed by atoms with Crippen molar-refractivity contribution in [3.05, 3.63) is 49.7 Å². The molecule has 0 spiro atoms. The molecule has 0 aliphatic heterocycles. The number of aromatic nitrogens is 2. The Morgan fingerprint density at radius 1 is 1.41 bits per heavy atom. The molecule has 22 heavy (non-hydrogen) atoms. The van der Waals surface area contributed by atoms with Gasteiger partial charge in [-0.2, -0.15) is 5.10 Å². The summed E-state index contributed by atoms with van der Waals surface area (Å²) in [4.78, 5) is 22.6. The van der Waals surface area contributed by atoms with Crippen LogP contribution in [0.15, 0.2) is 22.7 Å². The molecule has 0 saturated carbocycles. The second-order valence-corrected chi connectivity index (χ2v) is 5.86. The van der Waals surface area contributed by atoms with E-state index >= 15 is 0 Å². The van der Waals surface area contributed by atoms with Gasteiger partial charge in [-0.05, 0) is 38.5 Å². The van der Waals surface area contributed by atoms with E-state index in [1.807, 2.05) is 19.1 Å². The molecular weight excluding hydrogens is 352 g/mol. The molecule has 1 aromatic heterocycles. The summed E-state index contributed by atoms with van der Waals surface area (Å²) in [5, 5.41) is 17.8. The van der Waals surface area contributed by atoms with Gasteiger partial charge in [-0.1, -0.05) is 22.0 Å². The zero-order valence-electron chi connectivity index (χ0n) is 12.4. The van der Waals surface area contributed by atoms with Crippen LogP contribution in [0.2, 0.25) is 0 Å². The van der Waals surface area contributed by atoms with Gasteiger partial charge in [0, 0.05) is 10.2 Å². The number of nitrogens with zero attached hydrogens (tertiary/aromatic N) is 3. The van der Waals surface area contributed by atoms with Crippen LogP contribution >= 0.6 is 15.9 Å². The van der Waals surface area contributed by atoms with Crippen LogP contribution in [0, 0.1) is 30.9 Å². The Morgan fingerprint density at radius 2 is 2.09 bits per heavy atom. The summed E-state index contributed by atoms with van der Waals surface area (Å²) in [6, 6.07) is 5.57. The van der Waals surface area contributed by atoms with E-state index in [4.69, 9.17) is 0 Å². The minimum Gasteiger partial charge on any atom is -0.324 e. The maximum atomic E-state index is 12.1. The van der Waals surface area contributed by atoms with Gasteiger partial charge in [0.1, 0.15) is 17.9 Å². The lowest BCUT2D eigenvalue weighted by molar-refractivity contribution is -0.386. The molecule has 0 aliphatic carbocycles. The predicted molar refractivity (Wildman–Crippen MR) is 85.9 cm³/mol. The van der Waals surface area contributed by atoms with Gasteiger partial charge in [0.05, 0.1) is 4.92 Å². The SMILES string of the molecule is Cc1ccc(Br)cc1NC(=O)Cn1nc(C)c([N+](=O)[O-])c1C. The molecule has 2 rings (SSSR count). The number of hydrogen-bond donors (Lipinski definition) is 1.